The van der Waals surface area contributed by atoms with Gasteiger partial charge in [0.2, 0.25) is 5.91 Å². The molecule has 0 saturated heterocycles. The van der Waals surface area contributed by atoms with E-state index in [0.717, 1.165) is 53.3 Å². The summed E-state index contributed by atoms with van der Waals surface area (Å²) >= 11 is 0. The topological polar surface area (TPSA) is 86.3 Å². The Morgan fingerprint density at radius 3 is 2.33 bits per heavy atom. The monoisotopic (exact) mass is 494 g/mol. The zero-order valence-electron chi connectivity index (χ0n) is 19.0. The Kier molecular flexibility index (Phi) is 8.84. The number of nitrogens with zero attached hydrogens (tertiary/aromatic N) is 1. The second kappa shape index (κ2) is 11.2. The highest BCUT2D eigenvalue weighted by atomic mass is 35.5. The molecule has 4 aliphatic rings. The smallest absolute Gasteiger partial charge is 0.224 e. The van der Waals surface area contributed by atoms with Crippen LogP contribution in [0.5, 0.6) is 0 Å². The van der Waals surface area contributed by atoms with Gasteiger partial charge in [0.1, 0.15) is 5.82 Å². The van der Waals surface area contributed by atoms with Gasteiger partial charge in [0.05, 0.1) is 17.8 Å². The summed E-state index contributed by atoms with van der Waals surface area (Å²) in [6.07, 6.45) is 8.65. The number of hydrogen-bond donors (Lipinski definition) is 4. The van der Waals surface area contributed by atoms with E-state index in [4.69, 9.17) is 10.1 Å². The molecule has 6 nitrogen and oxygen atoms in total. The molecule has 0 aliphatic heterocycles. The van der Waals surface area contributed by atoms with Crippen LogP contribution < -0.4 is 16.0 Å². The molecule has 4 saturated carbocycles. The minimum Gasteiger partial charge on any atom is -0.395 e. The Morgan fingerprint density at radius 2 is 1.67 bits per heavy atom. The molecule has 4 fully saturated rings. The number of aromatic nitrogens is 1. The maximum Gasteiger partial charge on any atom is 0.224 e. The molecule has 0 spiro atoms. The van der Waals surface area contributed by atoms with Gasteiger partial charge in [-0.3, -0.25) is 4.79 Å². The fraction of sp³-hybridized carbons (Fsp3) is 0.600. The van der Waals surface area contributed by atoms with Crippen molar-refractivity contribution in [3.8, 4) is 0 Å². The number of benzene rings is 1. The summed E-state index contributed by atoms with van der Waals surface area (Å²) in [7, 11) is 0. The largest absolute Gasteiger partial charge is 0.395 e. The normalized spacial score (nSPS) is 27.0. The molecule has 1 heterocycles. The number of fused-ring (bicyclic) bond motifs is 1. The molecule has 1 aromatic heterocycles. The molecule has 0 radical (unpaired) electrons. The fourth-order valence-electron chi connectivity index (χ4n) is 6.89. The third-order valence-electron chi connectivity index (χ3n) is 7.60. The van der Waals surface area contributed by atoms with Gasteiger partial charge in [-0.2, -0.15) is 0 Å². The van der Waals surface area contributed by atoms with E-state index in [1.165, 1.54) is 38.5 Å². The van der Waals surface area contributed by atoms with Crippen LogP contribution in [0.25, 0.3) is 10.9 Å². The van der Waals surface area contributed by atoms with Crippen molar-refractivity contribution in [1.82, 2.24) is 10.3 Å². The van der Waals surface area contributed by atoms with E-state index < -0.39 is 0 Å². The first kappa shape index (κ1) is 26.0. The highest BCUT2D eigenvalue weighted by Crippen LogP contribution is 2.61. The van der Waals surface area contributed by atoms with E-state index in [1.54, 1.807) is 0 Å². The molecular weight excluding hydrogens is 459 g/mol. The van der Waals surface area contributed by atoms with Crippen LogP contribution in [0.3, 0.4) is 0 Å². The Balaban J connectivity index is 0.00000153. The van der Waals surface area contributed by atoms with E-state index in [2.05, 4.69) is 16.0 Å². The van der Waals surface area contributed by atoms with E-state index in [-0.39, 0.29) is 42.7 Å². The quantitative estimate of drug-likeness (QED) is 0.382. The van der Waals surface area contributed by atoms with E-state index in [9.17, 15) is 4.79 Å². The number of nitrogens with one attached hydrogen (secondary N) is 3. The molecular formula is C25H36Cl2N4O2. The summed E-state index contributed by atoms with van der Waals surface area (Å²) in [4.78, 5) is 17.8. The second-order valence-corrected chi connectivity index (χ2v) is 10.1. The lowest BCUT2D eigenvalue weighted by Gasteiger charge is -2.56. The summed E-state index contributed by atoms with van der Waals surface area (Å²) in [6, 6.07) is 9.92. The van der Waals surface area contributed by atoms with Crippen LogP contribution in [-0.4, -0.2) is 42.2 Å². The molecule has 182 valence electrons. The number of hydrogen-bond acceptors (Lipinski definition) is 5. The average Bonchev–Trinajstić information content (AvgIpc) is 2.72. The second-order valence-electron chi connectivity index (χ2n) is 10.1. The van der Waals surface area contributed by atoms with Crippen LogP contribution in [0.4, 0.5) is 11.5 Å². The van der Waals surface area contributed by atoms with Gasteiger partial charge >= 0.3 is 0 Å². The van der Waals surface area contributed by atoms with Crippen LogP contribution in [0.15, 0.2) is 30.3 Å². The van der Waals surface area contributed by atoms with Crippen molar-refractivity contribution < 1.29 is 9.90 Å². The molecule has 1 amide bonds. The number of aliphatic hydroxyl groups is 1. The molecule has 4 aliphatic carbocycles. The molecule has 6 rings (SSSR count). The highest BCUT2D eigenvalue weighted by molar-refractivity contribution is 6.01. The van der Waals surface area contributed by atoms with Gasteiger partial charge in [-0.25, -0.2) is 4.98 Å². The first-order valence-corrected chi connectivity index (χ1v) is 11.9. The van der Waals surface area contributed by atoms with E-state index >= 15 is 0 Å². The number of anilines is 2. The number of pyridine rings is 1. The number of rotatable bonds is 9. The Labute approximate surface area is 208 Å². The van der Waals surface area contributed by atoms with Crippen molar-refractivity contribution >= 4 is 53.1 Å². The van der Waals surface area contributed by atoms with Crippen LogP contribution in [0, 0.1) is 23.2 Å². The van der Waals surface area contributed by atoms with Crippen molar-refractivity contribution in [2.75, 3.05) is 36.9 Å². The number of carbonyl (C=O) groups is 1. The summed E-state index contributed by atoms with van der Waals surface area (Å²) in [6.45, 7) is 2.24. The zero-order chi connectivity index (χ0) is 21.3. The molecule has 33 heavy (non-hydrogen) atoms. The van der Waals surface area contributed by atoms with Gasteiger partial charge < -0.3 is 21.1 Å². The lowest BCUT2D eigenvalue weighted by atomic mass is 9.49. The van der Waals surface area contributed by atoms with Crippen molar-refractivity contribution in [2.24, 2.45) is 23.2 Å². The third kappa shape index (κ3) is 5.91. The Bertz CT molecular complexity index is 920. The van der Waals surface area contributed by atoms with Gasteiger partial charge in [-0.15, -0.1) is 24.8 Å². The Morgan fingerprint density at radius 1 is 0.970 bits per heavy atom. The summed E-state index contributed by atoms with van der Waals surface area (Å²) in [5, 5.41) is 19.4. The fourth-order valence-corrected chi connectivity index (χ4v) is 6.89. The first-order chi connectivity index (χ1) is 15.1. The Hall–Kier alpha value is -1.60. The number of aliphatic hydroxyl groups excluding tert-OH is 1. The maximum absolute atomic E-state index is 13.1. The highest BCUT2D eigenvalue weighted by Gasteiger charge is 2.51. The first-order valence-electron chi connectivity index (χ1n) is 11.9. The van der Waals surface area contributed by atoms with Crippen molar-refractivity contribution in [3.63, 3.8) is 0 Å². The number of carbonyl (C=O) groups excluding carboxylic acids is 1. The van der Waals surface area contributed by atoms with Crippen LogP contribution in [0.1, 0.15) is 44.9 Å². The van der Waals surface area contributed by atoms with Crippen LogP contribution >= 0.6 is 24.8 Å². The average molecular weight is 495 g/mol. The van der Waals surface area contributed by atoms with Gasteiger partial charge in [0, 0.05) is 31.4 Å². The molecule has 0 atom stereocenters. The van der Waals surface area contributed by atoms with E-state index in [1.807, 2.05) is 30.3 Å². The molecule has 2 aromatic rings. The predicted octanol–water partition coefficient (Wildman–Crippen LogP) is 4.62. The lowest BCUT2D eigenvalue weighted by molar-refractivity contribution is -0.124. The molecule has 4 N–H and O–H groups in total. The standard InChI is InChI=1S/C25H34N4O2.2ClH/c30-9-8-26-6-7-27-23-5-4-20-21(28-23)2-1-3-22(20)29-24(31)16-25-13-17-10-18(14-25)12-19(11-17)15-25;;/h1-5,17-19,26,30H,6-16H2,(H,27,28)(H,29,31);2*1H. The van der Waals surface area contributed by atoms with Gasteiger partial charge in [0.25, 0.3) is 0 Å². The molecule has 1 aromatic carbocycles. The van der Waals surface area contributed by atoms with Crippen LogP contribution in [0.2, 0.25) is 0 Å². The van der Waals surface area contributed by atoms with Crippen LogP contribution in [-0.2, 0) is 4.79 Å². The molecule has 8 heteroatoms. The molecule has 4 bridgehead atoms. The molecule has 0 unspecified atom stereocenters. The lowest BCUT2D eigenvalue weighted by Crippen LogP contribution is -2.47. The summed E-state index contributed by atoms with van der Waals surface area (Å²) in [5.41, 5.74) is 1.99. The minimum atomic E-state index is 0. The van der Waals surface area contributed by atoms with Gasteiger partial charge in [0.15, 0.2) is 0 Å². The van der Waals surface area contributed by atoms with Gasteiger partial charge in [-0.05, 0) is 86.0 Å². The van der Waals surface area contributed by atoms with Crippen molar-refractivity contribution in [1.29, 1.82) is 0 Å². The number of halogens is 2. The summed E-state index contributed by atoms with van der Waals surface area (Å²) in [5.74, 6) is 3.57. The minimum absolute atomic E-state index is 0. The van der Waals surface area contributed by atoms with E-state index in [0.29, 0.717) is 13.0 Å². The number of amides is 1. The maximum atomic E-state index is 13.1. The zero-order valence-corrected chi connectivity index (χ0v) is 20.6. The van der Waals surface area contributed by atoms with Gasteiger partial charge in [-0.1, -0.05) is 6.07 Å². The predicted molar refractivity (Wildman–Crippen MR) is 139 cm³/mol. The third-order valence-corrected chi connectivity index (χ3v) is 7.60. The van der Waals surface area contributed by atoms with Crippen molar-refractivity contribution in [3.05, 3.63) is 30.3 Å². The SMILES string of the molecule is Cl.Cl.O=C(CC12CC3CC(CC(C3)C1)C2)Nc1cccc2nc(NCCNCCO)ccc12. The summed E-state index contributed by atoms with van der Waals surface area (Å²) < 4.78 is 0. The van der Waals surface area contributed by atoms with Crippen molar-refractivity contribution in [2.45, 2.75) is 44.9 Å².